The van der Waals surface area contributed by atoms with Crippen molar-refractivity contribution in [3.8, 4) is 5.75 Å². The summed E-state index contributed by atoms with van der Waals surface area (Å²) in [7, 11) is -23.4. The summed E-state index contributed by atoms with van der Waals surface area (Å²) in [5.41, 5.74) is -1.83. The van der Waals surface area contributed by atoms with Crippen LogP contribution in [0.3, 0.4) is 0 Å². The Balaban J connectivity index is 0.00000640. The number of azo groups is 2. The minimum atomic E-state index is -5.36. The van der Waals surface area contributed by atoms with Crippen molar-refractivity contribution in [3.63, 3.8) is 0 Å². The van der Waals surface area contributed by atoms with Gasteiger partial charge in [0.1, 0.15) is 43.2 Å². The minimum absolute atomic E-state index is 0. The van der Waals surface area contributed by atoms with Crippen molar-refractivity contribution < 1.29 is 246 Å². The number of fused-ring (bicyclic) bond motifs is 1. The van der Waals surface area contributed by atoms with Crippen LogP contribution in [0, 0.1) is 6.08 Å². The molecule has 1 heterocycles. The fraction of sp³-hybridized carbons (Fsp3) is 0.139. The standard InChI is InChI=1S/C36H33FN10O21S7.5Na/c37-34-41-35(39-20-1-6-23(7-2-20)71(51,52)15-13-64-75(61,62)63)43-36(42-34)40-22-5-12-30(74(58,59)60)28(17-22)45-47-32-29(70-68-66-50)18-26-25(33(32)48)10-11-27(38-19-73(55,56)57)31(26)46-44-21-3-8-24(9-4-21)72(53,54)16-14-69-67-65-49;;;;;/h1-12,17-18,38,48-50H,13-16,19H2,(H,55,56,57)(H,58,59,60)(H,61,62,63)(H2,39,40,41,42,43);;;;;/q;5*+1/p-5. The first-order valence-electron chi connectivity index (χ1n) is 19.6. The van der Waals surface area contributed by atoms with Gasteiger partial charge < -0.3 is 45.2 Å². The first-order chi connectivity index (χ1) is 35.2. The predicted molar refractivity (Wildman–Crippen MR) is 248 cm³/mol. The van der Waals surface area contributed by atoms with Crippen molar-refractivity contribution in [1.29, 1.82) is 0 Å². The van der Waals surface area contributed by atoms with Gasteiger partial charge in [0.15, 0.2) is 25.4 Å². The number of hydrogen-bond donors (Lipinski definition) is 4. The maximum absolute atomic E-state index is 14.7. The van der Waals surface area contributed by atoms with Gasteiger partial charge in [-0.2, -0.15) is 33.1 Å². The number of rotatable bonds is 26. The summed E-state index contributed by atoms with van der Waals surface area (Å²) in [6.45, 7) is -0.943. The molecule has 0 radical (unpaired) electrons. The second-order valence-corrected chi connectivity index (χ2v) is 23.7. The number of phenols is 1. The Hall–Kier alpha value is -1.25. The third-order valence-corrected chi connectivity index (χ3v) is 15.8. The Kier molecular flexibility index (Phi) is 32.8. The number of benzene rings is 5. The molecule has 5 aromatic carbocycles. The van der Waals surface area contributed by atoms with E-state index < -0.39 is 114 Å². The summed E-state index contributed by atoms with van der Waals surface area (Å²) in [4.78, 5) is 9.21. The number of aromatic nitrogens is 3. The average Bonchev–Trinajstić information content (AvgIpc) is 3.32. The summed E-state index contributed by atoms with van der Waals surface area (Å²) in [6, 6.07) is 15.5. The van der Waals surface area contributed by atoms with Crippen molar-refractivity contribution in [3.05, 3.63) is 91.0 Å². The van der Waals surface area contributed by atoms with Gasteiger partial charge in [-0.25, -0.2) is 42.1 Å². The van der Waals surface area contributed by atoms with E-state index >= 15 is 0 Å². The molecule has 0 amide bonds. The molecule has 44 heteroatoms. The van der Waals surface area contributed by atoms with Crippen LogP contribution in [0.25, 0.3) is 10.8 Å². The van der Waals surface area contributed by atoms with Gasteiger partial charge in [0.2, 0.25) is 22.3 Å². The van der Waals surface area contributed by atoms with Gasteiger partial charge in [0.05, 0.1) is 61.1 Å². The normalized spacial score (nSPS) is 11.9. The van der Waals surface area contributed by atoms with Crippen molar-refractivity contribution >= 4 is 137 Å². The third-order valence-electron chi connectivity index (χ3n) is 9.17. The van der Waals surface area contributed by atoms with Gasteiger partial charge in [-0.05, 0) is 84.9 Å². The molecule has 0 atom stereocenters. The number of halogens is 1. The number of aromatic hydroxyl groups is 1. The maximum atomic E-state index is 14.7. The van der Waals surface area contributed by atoms with Crippen molar-refractivity contribution in [1.82, 2.24) is 15.0 Å². The van der Waals surface area contributed by atoms with Crippen LogP contribution in [0.1, 0.15) is 0 Å². The number of anilines is 5. The number of nitrogens with one attached hydrogen (secondary N) is 3. The molecule has 0 unspecified atom stereocenters. The van der Waals surface area contributed by atoms with Crippen molar-refractivity contribution in [2.24, 2.45) is 20.5 Å². The fourth-order valence-electron chi connectivity index (χ4n) is 5.99. The van der Waals surface area contributed by atoms with E-state index in [-0.39, 0.29) is 219 Å². The van der Waals surface area contributed by atoms with E-state index in [0.717, 1.165) is 42.5 Å². The van der Waals surface area contributed by atoms with Crippen LogP contribution >= 0.6 is 24.1 Å². The van der Waals surface area contributed by atoms with Crippen LogP contribution in [-0.4, -0.2) is 106 Å². The largest absolute Gasteiger partial charge is 1.00 e. The molecule has 4 N–H and O–H groups in total. The molecule has 402 valence electrons. The molecule has 6 aromatic rings. The van der Waals surface area contributed by atoms with E-state index in [0.29, 0.717) is 12.0 Å². The molecule has 31 nitrogen and oxygen atoms in total. The molecule has 0 spiro atoms. The van der Waals surface area contributed by atoms with Gasteiger partial charge in [-0.1, -0.05) is 0 Å². The van der Waals surface area contributed by atoms with Crippen LogP contribution in [0.2, 0.25) is 0 Å². The van der Waals surface area contributed by atoms with E-state index in [2.05, 4.69) is 74.3 Å². The zero-order valence-corrected chi connectivity index (χ0v) is 57.3. The Bertz CT molecular complexity index is 3750. The second kappa shape index (κ2) is 34.2. The van der Waals surface area contributed by atoms with Gasteiger partial charge in [0, 0.05) is 39.9 Å². The quantitative estimate of drug-likeness (QED) is 0.00572. The van der Waals surface area contributed by atoms with Crippen LogP contribution in [0.4, 0.5) is 56.1 Å². The van der Waals surface area contributed by atoms with Crippen LogP contribution in [0.5, 0.6) is 5.75 Å². The molecular weight excluding hydrogens is 1270 g/mol. The third kappa shape index (κ3) is 23.2. The smallest absolute Gasteiger partial charge is 0.747 e. The molecule has 80 heavy (non-hydrogen) atoms. The minimum Gasteiger partial charge on any atom is -0.747 e. The van der Waals surface area contributed by atoms with E-state index in [1.165, 1.54) is 42.5 Å². The zero-order chi connectivity index (χ0) is 54.8. The topological polar surface area (TPSA) is 477 Å². The zero-order valence-electron chi connectivity index (χ0n) is 41.6. The van der Waals surface area contributed by atoms with Crippen molar-refractivity contribution in [2.75, 3.05) is 45.7 Å². The number of sulfone groups is 2. The van der Waals surface area contributed by atoms with E-state index in [1.807, 2.05) is 0 Å². The molecule has 6 rings (SSSR count). The van der Waals surface area contributed by atoms with E-state index in [9.17, 15) is 75.8 Å². The molecular formula is C36H28FN10Na5O21S7. The van der Waals surface area contributed by atoms with Gasteiger partial charge in [-0.15, -0.1) is 15.3 Å². The summed E-state index contributed by atoms with van der Waals surface area (Å²) in [6.07, 6.45) is -1.37. The summed E-state index contributed by atoms with van der Waals surface area (Å²) < 4.78 is 181. The van der Waals surface area contributed by atoms with E-state index in [4.69, 9.17) is 0 Å². The Morgan fingerprint density at radius 2 is 1.19 bits per heavy atom. The molecule has 0 saturated heterocycles. The number of nitrogens with zero attached hydrogens (tertiary/aromatic N) is 7. The monoisotopic (exact) mass is 1290 g/mol. The second-order valence-electron chi connectivity index (χ2n) is 14.1. The van der Waals surface area contributed by atoms with Crippen LogP contribution in [0.15, 0.2) is 125 Å². The maximum Gasteiger partial charge on any atom is 1.00 e. The Labute approximate surface area is 572 Å². The Morgan fingerprint density at radius 3 is 1.76 bits per heavy atom. The summed E-state index contributed by atoms with van der Waals surface area (Å²) in [5, 5.41) is 62.4. The van der Waals surface area contributed by atoms with Gasteiger partial charge in [-0.3, -0.25) is 14.3 Å². The van der Waals surface area contributed by atoms with Crippen molar-refractivity contribution in [2.45, 2.75) is 19.6 Å². The van der Waals surface area contributed by atoms with Crippen LogP contribution < -0.4 is 174 Å². The first-order valence-corrected chi connectivity index (χ1v) is 28.9. The molecule has 0 aliphatic heterocycles. The summed E-state index contributed by atoms with van der Waals surface area (Å²) in [5.74, 6) is -4.48. The number of hydrogen-bond acceptors (Lipinski definition) is 33. The molecule has 0 bridgehead atoms. The van der Waals surface area contributed by atoms with Crippen LogP contribution in [-0.2, 0) is 73.2 Å². The average molecular weight is 1300 g/mol. The molecule has 0 aliphatic rings. The molecule has 0 aliphatic carbocycles. The molecule has 1 aromatic heterocycles. The first kappa shape index (κ1) is 76.8. The fourth-order valence-corrected chi connectivity index (χ4v) is 10.9. The SMILES string of the molecule is O=S(=O)([O-])CNc1ccc2c(O)c(N=Nc3cc(Nc4nc(F)nc(Nc5ccc(S(=O)(=O)CCOS(=O)(=O)[O-])cc5)n4)ccc3S(=O)(=O)[O-])c(SOO[O-])cc2c1N=Nc1ccc(S(=O)(=O)CCSOO[O-])cc1.[Na+].[Na+].[Na+].[Na+].[Na+]. The van der Waals surface area contributed by atoms with Gasteiger partial charge in [0.25, 0.3) is 0 Å². The Morgan fingerprint density at radius 1 is 0.625 bits per heavy atom. The predicted octanol–water partition coefficient (Wildman–Crippen LogP) is -11.8. The number of phenolic OH excluding ortho intramolecular Hbond substituents is 1. The summed E-state index contributed by atoms with van der Waals surface area (Å²) >= 11 is 0.559. The van der Waals surface area contributed by atoms with Gasteiger partial charge >= 0.3 is 154 Å². The van der Waals surface area contributed by atoms with E-state index in [1.54, 1.807) is 0 Å². The molecule has 0 fully saturated rings. The molecule has 0 saturated carbocycles.